The summed E-state index contributed by atoms with van der Waals surface area (Å²) >= 11 is 0. The first kappa shape index (κ1) is 16.3. The summed E-state index contributed by atoms with van der Waals surface area (Å²) in [5, 5.41) is 2.93. The molecule has 0 unspecified atom stereocenters. The van der Waals surface area contributed by atoms with E-state index in [9.17, 15) is 9.59 Å². The molecule has 120 valence electrons. The number of likely N-dealkylation sites (N-methyl/N-ethyl adjacent to an activating group) is 1. The van der Waals surface area contributed by atoms with Gasteiger partial charge in [-0.2, -0.15) is 0 Å². The largest absolute Gasteiger partial charge is 0.447 e. The summed E-state index contributed by atoms with van der Waals surface area (Å²) in [6.07, 6.45) is -0.369. The van der Waals surface area contributed by atoms with Gasteiger partial charge in [-0.15, -0.1) is 0 Å². The molecule has 6 nitrogen and oxygen atoms in total. The maximum atomic E-state index is 12.3. The van der Waals surface area contributed by atoms with Crippen LogP contribution in [0.25, 0.3) is 0 Å². The van der Waals surface area contributed by atoms with Crippen molar-refractivity contribution in [3.05, 3.63) is 29.8 Å². The Morgan fingerprint density at radius 2 is 2.14 bits per heavy atom. The van der Waals surface area contributed by atoms with Crippen LogP contribution in [0, 0.1) is 0 Å². The van der Waals surface area contributed by atoms with E-state index in [-0.39, 0.29) is 17.5 Å². The van der Waals surface area contributed by atoms with Gasteiger partial charge in [0.05, 0.1) is 6.54 Å². The van der Waals surface area contributed by atoms with E-state index in [4.69, 9.17) is 4.74 Å². The zero-order valence-corrected chi connectivity index (χ0v) is 13.5. The molecular formula is C16H23N3O3. The third-order valence-corrected chi connectivity index (χ3v) is 4.07. The van der Waals surface area contributed by atoms with Crippen LogP contribution in [0.15, 0.2) is 24.3 Å². The van der Waals surface area contributed by atoms with Crippen molar-refractivity contribution in [3.8, 4) is 0 Å². The SMILES string of the molecule is CN(C)C(C)(C)CNC(=O)c1cccc(N2CCOC2=O)c1. The molecule has 22 heavy (non-hydrogen) atoms. The van der Waals surface area contributed by atoms with Gasteiger partial charge < -0.3 is 15.0 Å². The third kappa shape index (κ3) is 3.57. The van der Waals surface area contributed by atoms with Crippen LogP contribution in [0.2, 0.25) is 0 Å². The lowest BCUT2D eigenvalue weighted by Gasteiger charge is -2.32. The van der Waals surface area contributed by atoms with E-state index < -0.39 is 0 Å². The number of carbonyl (C=O) groups is 2. The van der Waals surface area contributed by atoms with Crippen molar-refractivity contribution in [2.75, 3.05) is 38.7 Å². The predicted octanol–water partition coefficient (Wildman–Crippen LogP) is 1.71. The molecule has 0 aliphatic carbocycles. The standard InChI is InChI=1S/C16H23N3O3/c1-16(2,18(3)4)11-17-14(20)12-6-5-7-13(10-12)19-8-9-22-15(19)21/h5-7,10H,8-9,11H2,1-4H3,(H,17,20). The lowest BCUT2D eigenvalue weighted by molar-refractivity contribution is 0.0919. The number of cyclic esters (lactones) is 1. The average molecular weight is 305 g/mol. The van der Waals surface area contributed by atoms with Crippen LogP contribution in [-0.4, -0.2) is 56.2 Å². The number of rotatable bonds is 5. The van der Waals surface area contributed by atoms with E-state index in [0.717, 1.165) is 0 Å². The van der Waals surface area contributed by atoms with Gasteiger partial charge in [0, 0.05) is 23.3 Å². The van der Waals surface area contributed by atoms with Crippen LogP contribution in [0.5, 0.6) is 0 Å². The second-order valence-electron chi connectivity index (χ2n) is 6.21. The van der Waals surface area contributed by atoms with Gasteiger partial charge in [-0.05, 0) is 46.1 Å². The average Bonchev–Trinajstić information content (AvgIpc) is 2.91. The summed E-state index contributed by atoms with van der Waals surface area (Å²) in [5.74, 6) is -0.149. The van der Waals surface area contributed by atoms with Gasteiger partial charge in [-0.3, -0.25) is 9.69 Å². The Bertz CT molecular complexity index is 570. The Labute approximate surface area is 131 Å². The number of benzene rings is 1. The van der Waals surface area contributed by atoms with Gasteiger partial charge in [0.25, 0.3) is 5.91 Å². The second-order valence-corrected chi connectivity index (χ2v) is 6.21. The lowest BCUT2D eigenvalue weighted by Crippen LogP contribution is -2.48. The summed E-state index contributed by atoms with van der Waals surface area (Å²) in [6.45, 7) is 5.55. The molecule has 0 aromatic heterocycles. The Balaban J connectivity index is 2.06. The first-order valence-corrected chi connectivity index (χ1v) is 7.31. The van der Waals surface area contributed by atoms with Gasteiger partial charge in [0.2, 0.25) is 0 Å². The molecular weight excluding hydrogens is 282 g/mol. The van der Waals surface area contributed by atoms with Gasteiger partial charge in [-0.1, -0.05) is 6.07 Å². The first-order chi connectivity index (χ1) is 10.3. The topological polar surface area (TPSA) is 61.9 Å². The quantitative estimate of drug-likeness (QED) is 0.899. The fourth-order valence-corrected chi connectivity index (χ4v) is 2.00. The van der Waals surface area contributed by atoms with Crippen LogP contribution < -0.4 is 10.2 Å². The number of carbonyl (C=O) groups excluding carboxylic acids is 2. The Morgan fingerprint density at radius 1 is 1.41 bits per heavy atom. The van der Waals surface area contributed by atoms with Crippen molar-refractivity contribution in [3.63, 3.8) is 0 Å². The molecule has 0 atom stereocenters. The molecule has 1 saturated heterocycles. The molecule has 1 fully saturated rings. The Hall–Kier alpha value is -2.08. The normalized spacial score (nSPS) is 15.1. The van der Waals surface area contributed by atoms with Crippen molar-refractivity contribution >= 4 is 17.7 Å². The first-order valence-electron chi connectivity index (χ1n) is 7.31. The molecule has 0 spiro atoms. The number of hydrogen-bond acceptors (Lipinski definition) is 4. The zero-order valence-electron chi connectivity index (χ0n) is 13.5. The highest BCUT2D eigenvalue weighted by atomic mass is 16.6. The molecule has 1 aliphatic heterocycles. The summed E-state index contributed by atoms with van der Waals surface area (Å²) in [6, 6.07) is 7.02. The molecule has 0 saturated carbocycles. The van der Waals surface area contributed by atoms with E-state index >= 15 is 0 Å². The van der Waals surface area contributed by atoms with Crippen molar-refractivity contribution in [1.29, 1.82) is 0 Å². The lowest BCUT2D eigenvalue weighted by atomic mass is 10.0. The van der Waals surface area contributed by atoms with E-state index in [1.54, 1.807) is 24.3 Å². The number of nitrogens with one attached hydrogen (secondary N) is 1. The minimum atomic E-state index is -0.369. The maximum Gasteiger partial charge on any atom is 0.414 e. The minimum Gasteiger partial charge on any atom is -0.447 e. The molecule has 6 heteroatoms. The zero-order chi connectivity index (χ0) is 16.3. The second kappa shape index (κ2) is 6.36. The number of amides is 2. The van der Waals surface area contributed by atoms with Crippen molar-refractivity contribution in [2.45, 2.75) is 19.4 Å². The molecule has 2 amide bonds. The Kier molecular flexibility index (Phi) is 4.71. The fourth-order valence-electron chi connectivity index (χ4n) is 2.00. The highest BCUT2D eigenvalue weighted by Crippen LogP contribution is 2.20. The summed E-state index contributed by atoms with van der Waals surface area (Å²) in [4.78, 5) is 27.5. The van der Waals surface area contributed by atoms with Crippen LogP contribution in [-0.2, 0) is 4.74 Å². The molecule has 2 rings (SSSR count). The van der Waals surface area contributed by atoms with E-state index in [1.165, 1.54) is 4.90 Å². The molecule has 1 aromatic rings. The third-order valence-electron chi connectivity index (χ3n) is 4.07. The van der Waals surface area contributed by atoms with Crippen molar-refractivity contribution in [2.24, 2.45) is 0 Å². The monoisotopic (exact) mass is 305 g/mol. The molecule has 0 bridgehead atoms. The smallest absolute Gasteiger partial charge is 0.414 e. The number of nitrogens with zero attached hydrogens (tertiary/aromatic N) is 2. The number of anilines is 1. The molecule has 0 radical (unpaired) electrons. The van der Waals surface area contributed by atoms with Crippen LogP contribution in [0.4, 0.5) is 10.5 Å². The van der Waals surface area contributed by atoms with Gasteiger partial charge in [0.15, 0.2) is 0 Å². The van der Waals surface area contributed by atoms with Gasteiger partial charge in [0.1, 0.15) is 6.61 Å². The molecule has 1 heterocycles. The molecule has 1 aromatic carbocycles. The Morgan fingerprint density at radius 3 is 2.73 bits per heavy atom. The number of ether oxygens (including phenoxy) is 1. The fraction of sp³-hybridized carbons (Fsp3) is 0.500. The van der Waals surface area contributed by atoms with Gasteiger partial charge in [-0.25, -0.2) is 4.79 Å². The molecule has 1 N–H and O–H groups in total. The van der Waals surface area contributed by atoms with Crippen LogP contribution >= 0.6 is 0 Å². The van der Waals surface area contributed by atoms with Crippen molar-refractivity contribution < 1.29 is 14.3 Å². The summed E-state index contributed by atoms with van der Waals surface area (Å²) in [7, 11) is 3.96. The van der Waals surface area contributed by atoms with E-state index in [1.807, 2.05) is 14.1 Å². The molecule has 1 aliphatic rings. The van der Waals surface area contributed by atoms with E-state index in [0.29, 0.717) is 30.9 Å². The minimum absolute atomic E-state index is 0.133. The van der Waals surface area contributed by atoms with Gasteiger partial charge >= 0.3 is 6.09 Å². The van der Waals surface area contributed by atoms with Crippen molar-refractivity contribution in [1.82, 2.24) is 10.2 Å². The summed E-state index contributed by atoms with van der Waals surface area (Å²) < 4.78 is 4.92. The highest BCUT2D eigenvalue weighted by Gasteiger charge is 2.25. The highest BCUT2D eigenvalue weighted by molar-refractivity contribution is 5.97. The maximum absolute atomic E-state index is 12.3. The van der Waals surface area contributed by atoms with Crippen LogP contribution in [0.3, 0.4) is 0 Å². The van der Waals surface area contributed by atoms with Crippen LogP contribution in [0.1, 0.15) is 24.2 Å². The van der Waals surface area contributed by atoms with E-state index in [2.05, 4.69) is 24.1 Å². The predicted molar refractivity (Wildman–Crippen MR) is 85.2 cm³/mol. The summed E-state index contributed by atoms with van der Waals surface area (Å²) in [5.41, 5.74) is 1.08. The number of hydrogen-bond donors (Lipinski definition) is 1.